The van der Waals surface area contributed by atoms with Gasteiger partial charge < -0.3 is 5.32 Å². The maximum atomic E-state index is 10.2. The van der Waals surface area contributed by atoms with Gasteiger partial charge in [0.2, 0.25) is 0 Å². The Morgan fingerprint density at radius 1 is 1.38 bits per heavy atom. The first-order valence-corrected chi connectivity index (χ1v) is 2.20. The fraction of sp³-hybridized carbons (Fsp3) is 0.667. The van der Waals surface area contributed by atoms with Crippen LogP contribution in [0.3, 0.4) is 0 Å². The van der Waals surface area contributed by atoms with Crippen molar-refractivity contribution in [3.8, 4) is 0 Å². The lowest BCUT2D eigenvalue weighted by molar-refractivity contribution is 0.236. The summed E-state index contributed by atoms with van der Waals surface area (Å²) in [5.41, 5.74) is 7.17. The van der Waals surface area contributed by atoms with Crippen molar-refractivity contribution < 1.29 is 4.79 Å². The Morgan fingerprint density at radius 2 is 2.00 bits per heavy atom. The number of hydrogen-bond acceptors (Lipinski definition) is 3. The molecule has 0 aromatic carbocycles. The highest BCUT2D eigenvalue weighted by molar-refractivity contribution is 5.72. The second kappa shape index (κ2) is 4.35. The van der Waals surface area contributed by atoms with Gasteiger partial charge in [-0.25, -0.2) is 10.2 Å². The van der Waals surface area contributed by atoms with E-state index in [1.165, 1.54) is 7.05 Å². The number of amides is 2. The van der Waals surface area contributed by atoms with Gasteiger partial charge in [0.15, 0.2) is 0 Å². The first kappa shape index (κ1) is 7.19. The van der Waals surface area contributed by atoms with Crippen molar-refractivity contribution >= 4 is 6.03 Å². The van der Waals surface area contributed by atoms with Crippen LogP contribution in [-0.2, 0) is 0 Å². The summed E-state index contributed by atoms with van der Waals surface area (Å²) in [6.07, 6.45) is 0. The van der Waals surface area contributed by atoms with E-state index >= 15 is 0 Å². The maximum Gasteiger partial charge on any atom is 0.329 e. The van der Waals surface area contributed by atoms with Crippen molar-refractivity contribution in [3.05, 3.63) is 0 Å². The second-order valence-corrected chi connectivity index (χ2v) is 1.08. The van der Waals surface area contributed by atoms with E-state index in [0.29, 0.717) is 0 Å². The van der Waals surface area contributed by atoms with Gasteiger partial charge in [-0.1, -0.05) is 0 Å². The number of carbonyl (C=O) groups excluding carboxylic acids is 1. The van der Waals surface area contributed by atoms with E-state index in [-0.39, 0.29) is 6.03 Å². The zero-order valence-corrected chi connectivity index (χ0v) is 4.91. The van der Waals surface area contributed by atoms with E-state index in [1.807, 2.05) is 0 Å². The molecule has 0 spiro atoms. The van der Waals surface area contributed by atoms with Crippen LogP contribution in [0.25, 0.3) is 0 Å². The summed E-state index contributed by atoms with van der Waals surface area (Å²) < 4.78 is 0. The maximum absolute atomic E-state index is 10.2. The summed E-state index contributed by atoms with van der Waals surface area (Å²) in [6.45, 7) is 0. The van der Waals surface area contributed by atoms with Crippen LogP contribution in [0.2, 0.25) is 0 Å². The number of nitrogens with one attached hydrogen (secondary N) is 4. The Balaban J connectivity index is 2.99. The minimum Gasteiger partial charge on any atom is -0.340 e. The third kappa shape index (κ3) is 3.38. The molecule has 0 heterocycles. The van der Waals surface area contributed by atoms with Crippen LogP contribution < -0.4 is 21.7 Å². The highest BCUT2D eigenvalue weighted by Crippen LogP contribution is 1.49. The molecule has 0 aromatic rings. The van der Waals surface area contributed by atoms with Crippen LogP contribution in [0.4, 0.5) is 4.79 Å². The summed E-state index contributed by atoms with van der Waals surface area (Å²) in [5, 5.41) is 2.35. The molecule has 2 amide bonds. The van der Waals surface area contributed by atoms with Crippen LogP contribution in [-0.4, -0.2) is 20.1 Å². The molecule has 8 heavy (non-hydrogen) atoms. The quantitative estimate of drug-likeness (QED) is 0.335. The molecule has 5 nitrogen and oxygen atoms in total. The SMILES string of the molecule is CNNNC(=O)NC. The van der Waals surface area contributed by atoms with Gasteiger partial charge in [-0.3, -0.25) is 5.43 Å². The molecule has 0 bridgehead atoms. The molecule has 0 radical (unpaired) electrons. The van der Waals surface area contributed by atoms with E-state index in [9.17, 15) is 4.79 Å². The molecule has 0 aliphatic rings. The zero-order chi connectivity index (χ0) is 6.41. The first-order valence-electron chi connectivity index (χ1n) is 2.20. The molecular weight excluding hydrogens is 108 g/mol. The summed E-state index contributed by atoms with van der Waals surface area (Å²) >= 11 is 0. The van der Waals surface area contributed by atoms with E-state index < -0.39 is 0 Å². The van der Waals surface area contributed by atoms with E-state index in [0.717, 1.165) is 0 Å². The molecule has 4 N–H and O–H groups in total. The Morgan fingerprint density at radius 3 is 2.38 bits per heavy atom. The van der Waals surface area contributed by atoms with Crippen molar-refractivity contribution in [2.24, 2.45) is 0 Å². The molecule has 0 rings (SSSR count). The van der Waals surface area contributed by atoms with Crippen molar-refractivity contribution in [1.82, 2.24) is 21.7 Å². The lowest BCUT2D eigenvalue weighted by Crippen LogP contribution is -2.48. The summed E-state index contributed by atoms with van der Waals surface area (Å²) in [4.78, 5) is 10.2. The largest absolute Gasteiger partial charge is 0.340 e. The lowest BCUT2D eigenvalue weighted by atomic mass is 11.0. The topological polar surface area (TPSA) is 65.2 Å². The predicted molar refractivity (Wildman–Crippen MR) is 29.8 cm³/mol. The van der Waals surface area contributed by atoms with Crippen LogP contribution in [0.15, 0.2) is 0 Å². The fourth-order valence-electron chi connectivity index (χ4n) is 0.182. The molecule has 0 saturated carbocycles. The molecule has 48 valence electrons. The van der Waals surface area contributed by atoms with E-state index in [1.54, 1.807) is 7.05 Å². The molecule has 0 fully saturated rings. The van der Waals surface area contributed by atoms with Gasteiger partial charge in [0.1, 0.15) is 0 Å². The molecule has 0 aliphatic heterocycles. The van der Waals surface area contributed by atoms with Crippen LogP contribution >= 0.6 is 0 Å². The average Bonchev–Trinajstić information content (AvgIpc) is 1.83. The lowest BCUT2D eigenvalue weighted by Gasteiger charge is -2.02. The Kier molecular flexibility index (Phi) is 3.91. The Hall–Kier alpha value is -0.810. The van der Waals surface area contributed by atoms with Gasteiger partial charge in [-0.2, -0.15) is 5.53 Å². The number of rotatable bonds is 2. The van der Waals surface area contributed by atoms with E-state index in [2.05, 4.69) is 21.7 Å². The molecule has 0 aliphatic carbocycles. The smallest absolute Gasteiger partial charge is 0.329 e. The minimum atomic E-state index is -0.278. The van der Waals surface area contributed by atoms with E-state index in [4.69, 9.17) is 0 Å². The molecule has 0 atom stereocenters. The van der Waals surface area contributed by atoms with Crippen LogP contribution in [0.5, 0.6) is 0 Å². The molecule has 0 aromatic heterocycles. The van der Waals surface area contributed by atoms with Gasteiger partial charge in [-0.05, 0) is 0 Å². The zero-order valence-electron chi connectivity index (χ0n) is 4.91. The normalized spacial score (nSPS) is 8.25. The molecule has 5 heteroatoms. The van der Waals surface area contributed by atoms with Crippen molar-refractivity contribution in [2.45, 2.75) is 0 Å². The molecule has 0 saturated heterocycles. The molecule has 0 unspecified atom stereocenters. The Labute approximate surface area is 47.8 Å². The van der Waals surface area contributed by atoms with Gasteiger partial charge >= 0.3 is 6.03 Å². The average molecular weight is 118 g/mol. The minimum absolute atomic E-state index is 0.278. The predicted octanol–water partition coefficient (Wildman–Crippen LogP) is -1.45. The van der Waals surface area contributed by atoms with Crippen molar-refractivity contribution in [1.29, 1.82) is 0 Å². The number of carbonyl (C=O) groups is 1. The second-order valence-electron chi connectivity index (χ2n) is 1.08. The number of hydrogen-bond donors (Lipinski definition) is 4. The monoisotopic (exact) mass is 118 g/mol. The highest BCUT2D eigenvalue weighted by Gasteiger charge is 1.87. The first-order chi connectivity index (χ1) is 3.81. The fourth-order valence-corrected chi connectivity index (χ4v) is 0.182. The summed E-state index contributed by atoms with van der Waals surface area (Å²) in [6, 6.07) is -0.278. The summed E-state index contributed by atoms with van der Waals surface area (Å²) in [7, 11) is 3.18. The number of urea groups is 1. The standard InChI is InChI=1S/C3H10N4O/c1-4-3(8)6-7-5-2/h5,7H,1-2H3,(H2,4,6,8). The van der Waals surface area contributed by atoms with Gasteiger partial charge in [0.25, 0.3) is 0 Å². The van der Waals surface area contributed by atoms with Crippen LogP contribution in [0.1, 0.15) is 0 Å². The van der Waals surface area contributed by atoms with Gasteiger partial charge in [0, 0.05) is 14.1 Å². The molecular formula is C3H10N4O. The highest BCUT2D eigenvalue weighted by atomic mass is 16.2. The van der Waals surface area contributed by atoms with Gasteiger partial charge in [-0.15, -0.1) is 0 Å². The van der Waals surface area contributed by atoms with Gasteiger partial charge in [0.05, 0.1) is 0 Å². The van der Waals surface area contributed by atoms with Crippen molar-refractivity contribution in [3.63, 3.8) is 0 Å². The number of hydrazine groups is 2. The Bertz CT molecular complexity index is 73.7. The third-order valence-electron chi connectivity index (χ3n) is 0.528. The van der Waals surface area contributed by atoms with Crippen LogP contribution in [0, 0.1) is 0 Å². The third-order valence-corrected chi connectivity index (χ3v) is 0.528. The summed E-state index contributed by atoms with van der Waals surface area (Å²) in [5.74, 6) is 0. The van der Waals surface area contributed by atoms with Crippen molar-refractivity contribution in [2.75, 3.05) is 14.1 Å².